The Bertz CT molecular complexity index is 1090. The Balaban J connectivity index is 1.42. The van der Waals surface area contributed by atoms with Crippen molar-refractivity contribution >= 4 is 29.3 Å². The van der Waals surface area contributed by atoms with Crippen molar-refractivity contribution < 1.29 is 28.3 Å². The van der Waals surface area contributed by atoms with E-state index in [0.29, 0.717) is 43.0 Å². The maximum atomic E-state index is 14.4. The lowest BCUT2D eigenvalue weighted by Gasteiger charge is -2.36. The number of hydrogen-bond donors (Lipinski definition) is 1. The number of ketones is 1. The zero-order valence-electron chi connectivity index (χ0n) is 19.5. The second kappa shape index (κ2) is 10.9. The number of nitrogens with one attached hydrogen (secondary N) is 1. The summed E-state index contributed by atoms with van der Waals surface area (Å²) in [6.45, 7) is 5.85. The number of esters is 1. The van der Waals surface area contributed by atoms with Crippen molar-refractivity contribution in [2.24, 2.45) is 0 Å². The van der Waals surface area contributed by atoms with Crippen LogP contribution in [0.5, 0.6) is 0 Å². The number of ether oxygens (including phenoxy) is 1. The van der Waals surface area contributed by atoms with Crippen LogP contribution in [0, 0.1) is 19.7 Å². The molecule has 1 N–H and O–H groups in total. The van der Waals surface area contributed by atoms with Gasteiger partial charge in [0.05, 0.1) is 5.69 Å². The highest BCUT2D eigenvalue weighted by Gasteiger charge is 2.24. The number of hydrogen-bond acceptors (Lipinski definition) is 6. The van der Waals surface area contributed by atoms with Crippen LogP contribution in [0.2, 0.25) is 0 Å². The normalized spacial score (nSPS) is 13.4. The molecule has 2 aromatic rings. The van der Waals surface area contributed by atoms with E-state index >= 15 is 0 Å². The molecule has 2 amide bonds. The van der Waals surface area contributed by atoms with Gasteiger partial charge < -0.3 is 19.9 Å². The second-order valence-corrected chi connectivity index (χ2v) is 8.31. The first-order valence-corrected chi connectivity index (χ1v) is 11.0. The van der Waals surface area contributed by atoms with Crippen molar-refractivity contribution in [2.45, 2.75) is 20.8 Å². The number of rotatable bonds is 7. The molecule has 0 spiro atoms. The highest BCUT2D eigenvalue weighted by atomic mass is 19.1. The van der Waals surface area contributed by atoms with E-state index in [4.69, 9.17) is 4.74 Å². The highest BCUT2D eigenvalue weighted by molar-refractivity contribution is 5.96. The van der Waals surface area contributed by atoms with Crippen molar-refractivity contribution in [3.05, 3.63) is 64.5 Å². The molecule has 1 aliphatic rings. The predicted octanol–water partition coefficient (Wildman–Crippen LogP) is 2.27. The molecular formula is C25H28FN3O5. The van der Waals surface area contributed by atoms with Gasteiger partial charge in [0.2, 0.25) is 0 Å². The van der Waals surface area contributed by atoms with Gasteiger partial charge in [-0.15, -0.1) is 0 Å². The zero-order chi connectivity index (χ0) is 24.8. The van der Waals surface area contributed by atoms with Crippen LogP contribution in [0.3, 0.4) is 0 Å². The maximum absolute atomic E-state index is 14.4. The Labute approximate surface area is 197 Å². The minimum Gasteiger partial charge on any atom is -0.454 e. The van der Waals surface area contributed by atoms with Gasteiger partial charge in [-0.05, 0) is 51.1 Å². The molecule has 0 aliphatic carbocycles. The van der Waals surface area contributed by atoms with Gasteiger partial charge in [0.25, 0.3) is 11.8 Å². The quantitative estimate of drug-likeness (QED) is 0.494. The summed E-state index contributed by atoms with van der Waals surface area (Å²) in [5.74, 6) is -2.15. The molecule has 3 rings (SSSR count). The van der Waals surface area contributed by atoms with Crippen LogP contribution in [0.4, 0.5) is 10.1 Å². The van der Waals surface area contributed by atoms with Crippen LogP contribution in [0.25, 0.3) is 0 Å². The lowest BCUT2D eigenvalue weighted by atomic mass is 10.1. The number of benzene rings is 2. The number of Topliss-reactive ketones (excluding diaryl/α,β-unsaturated/α-hetero) is 1. The van der Waals surface area contributed by atoms with E-state index in [2.05, 4.69) is 5.32 Å². The molecule has 1 fully saturated rings. The number of aryl methyl sites for hydroxylation is 2. The van der Waals surface area contributed by atoms with E-state index in [1.807, 2.05) is 19.9 Å². The summed E-state index contributed by atoms with van der Waals surface area (Å²) >= 11 is 0. The Morgan fingerprint density at radius 2 is 1.59 bits per heavy atom. The molecule has 0 bridgehead atoms. The maximum Gasteiger partial charge on any atom is 0.325 e. The molecule has 2 aromatic carbocycles. The summed E-state index contributed by atoms with van der Waals surface area (Å²) in [5.41, 5.74) is 3.01. The summed E-state index contributed by atoms with van der Waals surface area (Å²) in [4.78, 5) is 51.3. The fraction of sp³-hybridized carbons (Fsp3) is 0.360. The smallest absolute Gasteiger partial charge is 0.325 e. The van der Waals surface area contributed by atoms with E-state index in [-0.39, 0.29) is 18.2 Å². The summed E-state index contributed by atoms with van der Waals surface area (Å²) in [5, 5.41) is 2.49. The fourth-order valence-electron chi connectivity index (χ4n) is 3.82. The molecule has 1 aliphatic heterocycles. The average Bonchev–Trinajstić information content (AvgIpc) is 2.80. The summed E-state index contributed by atoms with van der Waals surface area (Å²) in [6.07, 6.45) is 0. The molecule has 8 nitrogen and oxygen atoms in total. The third-order valence-corrected chi connectivity index (χ3v) is 5.56. The monoisotopic (exact) mass is 469 g/mol. The fourth-order valence-corrected chi connectivity index (χ4v) is 3.82. The third kappa shape index (κ3) is 6.40. The molecule has 180 valence electrons. The lowest BCUT2D eigenvalue weighted by Crippen LogP contribution is -2.50. The SMILES string of the molecule is CC(=O)c1ccc(N2CCN(C(=O)COC(=O)CNC(=O)c3cc(C)cc(C)c3)CC2)c(F)c1. The third-order valence-electron chi connectivity index (χ3n) is 5.56. The van der Waals surface area contributed by atoms with Gasteiger partial charge in [0.1, 0.15) is 12.4 Å². The Hall–Kier alpha value is -3.75. The molecule has 1 heterocycles. The molecular weight excluding hydrogens is 441 g/mol. The number of carbonyl (C=O) groups excluding carboxylic acids is 4. The van der Waals surface area contributed by atoms with Gasteiger partial charge in [-0.3, -0.25) is 19.2 Å². The van der Waals surface area contributed by atoms with Gasteiger partial charge >= 0.3 is 5.97 Å². The van der Waals surface area contributed by atoms with Gasteiger partial charge in [0, 0.05) is 37.3 Å². The molecule has 0 atom stereocenters. The molecule has 0 saturated carbocycles. The predicted molar refractivity (Wildman–Crippen MR) is 124 cm³/mol. The molecule has 0 radical (unpaired) electrons. The Kier molecular flexibility index (Phi) is 7.99. The zero-order valence-corrected chi connectivity index (χ0v) is 19.5. The molecule has 9 heteroatoms. The first kappa shape index (κ1) is 24.9. The average molecular weight is 470 g/mol. The van der Waals surface area contributed by atoms with Crippen LogP contribution < -0.4 is 10.2 Å². The first-order chi connectivity index (χ1) is 16.1. The van der Waals surface area contributed by atoms with Crippen LogP contribution in [0.15, 0.2) is 36.4 Å². The van der Waals surface area contributed by atoms with E-state index in [1.54, 1.807) is 34.1 Å². The lowest BCUT2D eigenvalue weighted by molar-refractivity contribution is -0.151. The summed E-state index contributed by atoms with van der Waals surface area (Å²) in [6, 6.07) is 9.75. The van der Waals surface area contributed by atoms with Crippen molar-refractivity contribution in [1.29, 1.82) is 0 Å². The van der Waals surface area contributed by atoms with Crippen molar-refractivity contribution in [3.8, 4) is 0 Å². The largest absolute Gasteiger partial charge is 0.454 e. The van der Waals surface area contributed by atoms with Gasteiger partial charge in [-0.25, -0.2) is 4.39 Å². The minimum absolute atomic E-state index is 0.208. The molecule has 1 saturated heterocycles. The Morgan fingerprint density at radius 3 is 2.18 bits per heavy atom. The highest BCUT2D eigenvalue weighted by Crippen LogP contribution is 2.22. The molecule has 34 heavy (non-hydrogen) atoms. The van der Waals surface area contributed by atoms with Crippen LogP contribution in [-0.2, 0) is 14.3 Å². The van der Waals surface area contributed by atoms with Crippen LogP contribution in [0.1, 0.15) is 38.8 Å². The van der Waals surface area contributed by atoms with Gasteiger partial charge in [-0.2, -0.15) is 0 Å². The standard InChI is InChI=1S/C25H28FN3O5/c1-16-10-17(2)12-20(11-16)25(33)27-14-24(32)34-15-23(31)29-8-6-28(7-9-29)22-5-4-19(18(3)30)13-21(22)26/h4-5,10-13H,6-9,14-15H2,1-3H3,(H,27,33). The second-order valence-electron chi connectivity index (χ2n) is 8.31. The summed E-state index contributed by atoms with van der Waals surface area (Å²) < 4.78 is 19.4. The van der Waals surface area contributed by atoms with E-state index < -0.39 is 24.3 Å². The van der Waals surface area contributed by atoms with Crippen molar-refractivity contribution in [3.63, 3.8) is 0 Å². The number of halogens is 1. The van der Waals surface area contributed by atoms with Gasteiger partial charge in [0.15, 0.2) is 12.4 Å². The topological polar surface area (TPSA) is 96.0 Å². The van der Waals surface area contributed by atoms with E-state index in [1.165, 1.54) is 13.0 Å². The number of nitrogens with zero attached hydrogens (tertiary/aromatic N) is 2. The Morgan fingerprint density at radius 1 is 0.941 bits per heavy atom. The minimum atomic E-state index is -0.711. The number of anilines is 1. The van der Waals surface area contributed by atoms with Crippen LogP contribution in [-0.4, -0.2) is 67.8 Å². The molecule has 0 unspecified atom stereocenters. The first-order valence-electron chi connectivity index (χ1n) is 11.0. The number of carbonyl (C=O) groups is 4. The van der Waals surface area contributed by atoms with Gasteiger partial charge in [-0.1, -0.05) is 17.2 Å². The van der Waals surface area contributed by atoms with E-state index in [9.17, 15) is 23.6 Å². The van der Waals surface area contributed by atoms with Crippen molar-refractivity contribution in [1.82, 2.24) is 10.2 Å². The van der Waals surface area contributed by atoms with E-state index in [0.717, 1.165) is 11.1 Å². The summed E-state index contributed by atoms with van der Waals surface area (Å²) in [7, 11) is 0. The van der Waals surface area contributed by atoms with Crippen molar-refractivity contribution in [2.75, 3.05) is 44.2 Å². The number of piperazine rings is 1. The number of amides is 2. The van der Waals surface area contributed by atoms with Crippen LogP contribution >= 0.6 is 0 Å². The molecule has 0 aromatic heterocycles.